The van der Waals surface area contributed by atoms with Crippen molar-refractivity contribution >= 4 is 33.8 Å². The first kappa shape index (κ1) is 16.4. The average Bonchev–Trinajstić information content (AvgIpc) is 2.72. The lowest BCUT2D eigenvalue weighted by Gasteiger charge is -2.28. The topological polar surface area (TPSA) is 29.3 Å². The predicted molar refractivity (Wildman–Crippen MR) is 88.2 cm³/mol. The Morgan fingerprint density at radius 1 is 1.26 bits per heavy atom. The fraction of sp³-hybridized carbons (Fsp3) is 0.467. The van der Waals surface area contributed by atoms with E-state index in [0.717, 1.165) is 19.6 Å². The second kappa shape index (κ2) is 6.71. The maximum absolute atomic E-state index is 5.79. The number of rotatable bonds is 5. The molecule has 106 valence electrons. The van der Waals surface area contributed by atoms with Crippen molar-refractivity contribution < 1.29 is 0 Å². The number of fused-ring (bicyclic) bond motifs is 1. The number of hydrogen-bond donors (Lipinski definition) is 1. The summed E-state index contributed by atoms with van der Waals surface area (Å²) in [6.07, 6.45) is 0. The third kappa shape index (κ3) is 4.18. The van der Waals surface area contributed by atoms with Crippen LogP contribution in [-0.2, 0) is 6.54 Å². The molecule has 0 aliphatic carbocycles. The molecule has 0 unspecified atom stereocenters. The van der Waals surface area contributed by atoms with Crippen LogP contribution in [0.3, 0.4) is 0 Å². The second-order valence-electron chi connectivity index (χ2n) is 5.80. The van der Waals surface area contributed by atoms with Crippen molar-refractivity contribution in [3.8, 4) is 0 Å². The summed E-state index contributed by atoms with van der Waals surface area (Å²) in [6.45, 7) is 7.17. The first-order chi connectivity index (χ1) is 8.52. The summed E-state index contributed by atoms with van der Waals surface area (Å²) in [7, 11) is 2.17. The van der Waals surface area contributed by atoms with E-state index in [9.17, 15) is 0 Å². The summed E-state index contributed by atoms with van der Waals surface area (Å²) in [4.78, 5) is 2.36. The van der Waals surface area contributed by atoms with E-state index >= 15 is 0 Å². The minimum atomic E-state index is 0. The van der Waals surface area contributed by atoms with Gasteiger partial charge in [0.25, 0.3) is 0 Å². The monoisotopic (exact) mass is 298 g/mol. The highest BCUT2D eigenvalue weighted by Crippen LogP contribution is 2.27. The van der Waals surface area contributed by atoms with Crippen LogP contribution in [0, 0.1) is 5.41 Å². The van der Waals surface area contributed by atoms with Gasteiger partial charge in [-0.25, -0.2) is 0 Å². The van der Waals surface area contributed by atoms with Gasteiger partial charge in [0.1, 0.15) is 0 Å². The van der Waals surface area contributed by atoms with Crippen molar-refractivity contribution in [2.75, 3.05) is 20.1 Å². The van der Waals surface area contributed by atoms with Crippen molar-refractivity contribution in [1.29, 1.82) is 0 Å². The molecule has 0 aliphatic heterocycles. The summed E-state index contributed by atoms with van der Waals surface area (Å²) >= 11 is 1.83. The fourth-order valence-corrected chi connectivity index (χ4v) is 3.25. The van der Waals surface area contributed by atoms with Crippen molar-refractivity contribution in [2.45, 2.75) is 20.4 Å². The van der Waals surface area contributed by atoms with Crippen molar-refractivity contribution in [1.82, 2.24) is 4.90 Å². The van der Waals surface area contributed by atoms with Crippen LogP contribution in [0.4, 0.5) is 0 Å². The Morgan fingerprint density at radius 3 is 2.63 bits per heavy atom. The van der Waals surface area contributed by atoms with Crippen molar-refractivity contribution in [3.05, 3.63) is 35.2 Å². The van der Waals surface area contributed by atoms with Gasteiger partial charge in [-0.05, 0) is 41.4 Å². The number of nitrogens with two attached hydrogens (primary N) is 1. The lowest BCUT2D eigenvalue weighted by atomic mass is 9.93. The molecular weight excluding hydrogens is 276 g/mol. The zero-order chi connectivity index (χ0) is 13.2. The van der Waals surface area contributed by atoms with Crippen LogP contribution >= 0.6 is 23.7 Å². The van der Waals surface area contributed by atoms with Crippen LogP contribution in [0.15, 0.2) is 29.6 Å². The van der Waals surface area contributed by atoms with E-state index in [1.807, 2.05) is 11.3 Å². The minimum absolute atomic E-state index is 0. The van der Waals surface area contributed by atoms with E-state index in [-0.39, 0.29) is 17.8 Å². The highest BCUT2D eigenvalue weighted by Gasteiger charge is 2.18. The molecule has 1 aromatic heterocycles. The molecule has 0 saturated carbocycles. The van der Waals surface area contributed by atoms with Crippen molar-refractivity contribution in [2.24, 2.45) is 11.1 Å². The molecule has 4 heteroatoms. The molecule has 0 fully saturated rings. The number of benzene rings is 1. The van der Waals surface area contributed by atoms with Gasteiger partial charge in [-0.2, -0.15) is 0 Å². The van der Waals surface area contributed by atoms with Gasteiger partial charge in [-0.1, -0.05) is 32.0 Å². The summed E-state index contributed by atoms with van der Waals surface area (Å²) < 4.78 is 1.37. The van der Waals surface area contributed by atoms with Crippen LogP contribution in [0.2, 0.25) is 0 Å². The molecule has 2 rings (SSSR count). The molecule has 2 nitrogen and oxygen atoms in total. The van der Waals surface area contributed by atoms with Crippen LogP contribution in [-0.4, -0.2) is 25.0 Å². The summed E-state index contributed by atoms with van der Waals surface area (Å²) in [6, 6.07) is 8.61. The van der Waals surface area contributed by atoms with E-state index in [0.29, 0.717) is 0 Å². The van der Waals surface area contributed by atoms with E-state index in [4.69, 9.17) is 5.73 Å². The molecule has 0 amide bonds. The van der Waals surface area contributed by atoms with Gasteiger partial charge < -0.3 is 10.6 Å². The van der Waals surface area contributed by atoms with Gasteiger partial charge in [0.15, 0.2) is 0 Å². The lowest BCUT2D eigenvalue weighted by Crippen LogP contribution is -2.36. The third-order valence-electron chi connectivity index (χ3n) is 3.25. The molecule has 0 spiro atoms. The molecule has 19 heavy (non-hydrogen) atoms. The Kier molecular flexibility index (Phi) is 5.81. The number of hydrogen-bond acceptors (Lipinski definition) is 3. The highest BCUT2D eigenvalue weighted by atomic mass is 35.5. The Hall–Kier alpha value is -0.610. The van der Waals surface area contributed by atoms with Crippen LogP contribution in [0.25, 0.3) is 10.1 Å². The Balaban J connectivity index is 0.00000180. The molecule has 0 radical (unpaired) electrons. The minimum Gasteiger partial charge on any atom is -0.330 e. The SMILES string of the molecule is CN(Cc1csc2ccccc12)CC(C)(C)CN.Cl. The van der Waals surface area contributed by atoms with Crippen LogP contribution < -0.4 is 5.73 Å². The normalized spacial score (nSPS) is 11.8. The van der Waals surface area contributed by atoms with Gasteiger partial charge in [0.2, 0.25) is 0 Å². The van der Waals surface area contributed by atoms with E-state index in [1.54, 1.807) is 0 Å². The smallest absolute Gasteiger partial charge is 0.0346 e. The predicted octanol–water partition coefficient (Wildman–Crippen LogP) is 3.74. The van der Waals surface area contributed by atoms with Gasteiger partial charge in [0, 0.05) is 17.8 Å². The van der Waals surface area contributed by atoms with Gasteiger partial charge in [-0.3, -0.25) is 0 Å². The highest BCUT2D eigenvalue weighted by molar-refractivity contribution is 7.17. The number of thiophene rings is 1. The maximum Gasteiger partial charge on any atom is 0.0346 e. The van der Waals surface area contributed by atoms with Gasteiger partial charge >= 0.3 is 0 Å². The van der Waals surface area contributed by atoms with Gasteiger partial charge in [0.05, 0.1) is 0 Å². The summed E-state index contributed by atoms with van der Waals surface area (Å²) in [5.41, 5.74) is 7.40. The van der Waals surface area contributed by atoms with Crippen LogP contribution in [0.1, 0.15) is 19.4 Å². The first-order valence-electron chi connectivity index (χ1n) is 6.35. The molecule has 2 N–H and O–H groups in total. The van der Waals surface area contributed by atoms with E-state index in [1.165, 1.54) is 15.6 Å². The second-order valence-corrected chi connectivity index (χ2v) is 6.71. The zero-order valence-corrected chi connectivity index (χ0v) is 13.5. The standard InChI is InChI=1S/C15H22N2S.ClH/c1-15(2,10-16)11-17(3)8-12-9-18-14-7-5-4-6-13(12)14;/h4-7,9H,8,10-11,16H2,1-3H3;1H. The maximum atomic E-state index is 5.79. The van der Waals surface area contributed by atoms with Crippen molar-refractivity contribution in [3.63, 3.8) is 0 Å². The summed E-state index contributed by atoms with van der Waals surface area (Å²) in [5, 5.41) is 3.66. The molecule has 1 aromatic carbocycles. The van der Waals surface area contributed by atoms with E-state index in [2.05, 4.69) is 55.4 Å². The molecule has 0 atom stereocenters. The molecule has 0 aliphatic rings. The van der Waals surface area contributed by atoms with Gasteiger partial charge in [-0.15, -0.1) is 23.7 Å². The molecular formula is C15H23ClN2S. The fourth-order valence-electron chi connectivity index (χ4n) is 2.30. The Labute approximate surface area is 126 Å². The quantitative estimate of drug-likeness (QED) is 0.911. The molecule has 1 heterocycles. The number of nitrogens with zero attached hydrogens (tertiary/aromatic N) is 1. The molecule has 0 saturated heterocycles. The summed E-state index contributed by atoms with van der Waals surface area (Å²) in [5.74, 6) is 0. The Morgan fingerprint density at radius 2 is 1.95 bits per heavy atom. The third-order valence-corrected chi connectivity index (χ3v) is 4.26. The largest absolute Gasteiger partial charge is 0.330 e. The van der Waals surface area contributed by atoms with Crippen LogP contribution in [0.5, 0.6) is 0 Å². The molecule has 2 aromatic rings. The Bertz CT molecular complexity index is 522. The zero-order valence-electron chi connectivity index (χ0n) is 11.8. The lowest BCUT2D eigenvalue weighted by molar-refractivity contribution is 0.210. The molecule has 0 bridgehead atoms. The number of halogens is 1. The average molecular weight is 299 g/mol. The first-order valence-corrected chi connectivity index (χ1v) is 7.23. The van der Waals surface area contributed by atoms with E-state index < -0.39 is 0 Å².